The molecule has 0 heterocycles. The van der Waals surface area contributed by atoms with E-state index in [4.69, 9.17) is 0 Å². The molecule has 2 N–H and O–H groups in total. The molecule has 0 amide bonds. The molecule has 1 unspecified atom stereocenters. The average Bonchev–Trinajstić information content (AvgIpc) is 2.45. The molecule has 0 fully saturated rings. The van der Waals surface area contributed by atoms with E-state index in [0.29, 0.717) is 11.1 Å². The Morgan fingerprint density at radius 3 is 2.30 bits per heavy atom. The maximum absolute atomic E-state index is 13.6. The summed E-state index contributed by atoms with van der Waals surface area (Å²) in [7, 11) is 0. The summed E-state index contributed by atoms with van der Waals surface area (Å²) in [6.45, 7) is 1.74. The van der Waals surface area contributed by atoms with E-state index in [9.17, 15) is 19.4 Å². The van der Waals surface area contributed by atoms with Gasteiger partial charge in [-0.05, 0) is 29.7 Å². The molecular formula is C16H15FO3. The van der Waals surface area contributed by atoms with E-state index in [2.05, 4.69) is 0 Å². The minimum absolute atomic E-state index is 0.274. The number of aromatic hydroxyl groups is 1. The summed E-state index contributed by atoms with van der Waals surface area (Å²) >= 11 is 0. The second-order valence-corrected chi connectivity index (χ2v) is 4.60. The number of carboxylic acids is 1. The number of carboxylic acid groups (broad SMARTS) is 1. The molecule has 0 aromatic heterocycles. The molecule has 2 aromatic rings. The van der Waals surface area contributed by atoms with Crippen LogP contribution in [0.5, 0.6) is 5.75 Å². The van der Waals surface area contributed by atoms with Gasteiger partial charge in [0.05, 0.1) is 0 Å². The van der Waals surface area contributed by atoms with Crippen molar-refractivity contribution in [1.82, 2.24) is 0 Å². The Balaban J connectivity index is 2.69. The number of phenolic OH excluding ortho intramolecular Hbond substituents is 1. The molecule has 0 aliphatic carbocycles. The molecular weight excluding hydrogens is 259 g/mol. The van der Waals surface area contributed by atoms with Crippen LogP contribution in [0.15, 0.2) is 48.5 Å². The van der Waals surface area contributed by atoms with Gasteiger partial charge in [-0.2, -0.15) is 0 Å². The van der Waals surface area contributed by atoms with Crippen LogP contribution in [-0.2, 0) is 10.2 Å². The Morgan fingerprint density at radius 2 is 1.80 bits per heavy atom. The standard InChI is InChI=1S/C16H15FO3/c1-2-16(15(19)20,11-6-4-3-5-7-11)12-8-9-14(18)13(17)10-12/h3-10,18H,2H2,1H3,(H,19,20). The van der Waals surface area contributed by atoms with E-state index in [-0.39, 0.29) is 6.42 Å². The summed E-state index contributed by atoms with van der Waals surface area (Å²) in [5.41, 5.74) is -0.426. The molecule has 0 aliphatic rings. The van der Waals surface area contributed by atoms with Crippen LogP contribution in [0, 0.1) is 5.82 Å². The summed E-state index contributed by atoms with van der Waals surface area (Å²) in [5.74, 6) is -2.36. The molecule has 0 spiro atoms. The normalized spacial score (nSPS) is 13.7. The molecule has 0 aliphatic heterocycles. The number of aliphatic carboxylic acids is 1. The van der Waals surface area contributed by atoms with Crippen molar-refractivity contribution in [2.24, 2.45) is 0 Å². The quantitative estimate of drug-likeness (QED) is 0.899. The molecule has 0 bridgehead atoms. The minimum Gasteiger partial charge on any atom is -0.505 e. The zero-order valence-corrected chi connectivity index (χ0v) is 11.0. The van der Waals surface area contributed by atoms with Crippen LogP contribution in [0.2, 0.25) is 0 Å². The highest BCUT2D eigenvalue weighted by Crippen LogP contribution is 2.37. The maximum atomic E-state index is 13.6. The first-order valence-electron chi connectivity index (χ1n) is 6.30. The van der Waals surface area contributed by atoms with Crippen molar-refractivity contribution in [3.8, 4) is 5.75 Å². The molecule has 0 saturated carbocycles. The van der Waals surface area contributed by atoms with Gasteiger partial charge < -0.3 is 10.2 Å². The molecule has 1 atom stereocenters. The van der Waals surface area contributed by atoms with Gasteiger partial charge in [0.1, 0.15) is 5.41 Å². The summed E-state index contributed by atoms with van der Waals surface area (Å²) in [6, 6.07) is 12.4. The third-order valence-electron chi connectivity index (χ3n) is 3.60. The average molecular weight is 274 g/mol. The van der Waals surface area contributed by atoms with Crippen molar-refractivity contribution in [1.29, 1.82) is 0 Å². The first kappa shape index (κ1) is 14.1. The Bertz CT molecular complexity index is 625. The van der Waals surface area contributed by atoms with Gasteiger partial charge >= 0.3 is 5.97 Å². The number of carbonyl (C=O) groups is 1. The Hall–Kier alpha value is -2.36. The number of benzene rings is 2. The number of halogens is 1. The van der Waals surface area contributed by atoms with Gasteiger partial charge in [0, 0.05) is 0 Å². The lowest BCUT2D eigenvalue weighted by atomic mass is 9.72. The Labute approximate surface area is 116 Å². The van der Waals surface area contributed by atoms with Crippen LogP contribution in [0.3, 0.4) is 0 Å². The molecule has 3 nitrogen and oxygen atoms in total. The van der Waals surface area contributed by atoms with Crippen molar-refractivity contribution < 1.29 is 19.4 Å². The number of hydrogen-bond acceptors (Lipinski definition) is 2. The molecule has 4 heteroatoms. The monoisotopic (exact) mass is 274 g/mol. The van der Waals surface area contributed by atoms with Gasteiger partial charge in [0.25, 0.3) is 0 Å². The van der Waals surface area contributed by atoms with Crippen molar-refractivity contribution in [3.05, 3.63) is 65.5 Å². The minimum atomic E-state index is -1.32. The molecule has 20 heavy (non-hydrogen) atoms. The summed E-state index contributed by atoms with van der Waals surface area (Å²) in [5, 5.41) is 19.0. The van der Waals surface area contributed by atoms with Gasteiger partial charge in [-0.25, -0.2) is 4.39 Å². The van der Waals surface area contributed by atoms with Gasteiger partial charge in [-0.15, -0.1) is 0 Å². The lowest BCUT2D eigenvalue weighted by Crippen LogP contribution is -2.36. The van der Waals surface area contributed by atoms with E-state index < -0.39 is 23.0 Å². The highest BCUT2D eigenvalue weighted by atomic mass is 19.1. The fraction of sp³-hybridized carbons (Fsp3) is 0.188. The summed E-state index contributed by atoms with van der Waals surface area (Å²) in [4.78, 5) is 11.9. The maximum Gasteiger partial charge on any atom is 0.318 e. The number of hydrogen-bond donors (Lipinski definition) is 2. The third kappa shape index (κ3) is 2.13. The van der Waals surface area contributed by atoms with Crippen LogP contribution < -0.4 is 0 Å². The van der Waals surface area contributed by atoms with Crippen molar-refractivity contribution in [2.75, 3.05) is 0 Å². The Morgan fingerprint density at radius 1 is 1.15 bits per heavy atom. The van der Waals surface area contributed by atoms with Gasteiger partial charge in [-0.3, -0.25) is 4.79 Å². The van der Waals surface area contributed by atoms with Crippen molar-refractivity contribution >= 4 is 5.97 Å². The van der Waals surface area contributed by atoms with E-state index in [1.165, 1.54) is 12.1 Å². The largest absolute Gasteiger partial charge is 0.505 e. The van der Waals surface area contributed by atoms with Crippen LogP contribution >= 0.6 is 0 Å². The fourth-order valence-electron chi connectivity index (χ4n) is 2.47. The molecule has 2 aromatic carbocycles. The third-order valence-corrected chi connectivity index (χ3v) is 3.60. The molecule has 104 valence electrons. The van der Waals surface area contributed by atoms with Gasteiger partial charge in [-0.1, -0.05) is 43.3 Å². The van der Waals surface area contributed by atoms with Crippen LogP contribution in [-0.4, -0.2) is 16.2 Å². The van der Waals surface area contributed by atoms with Crippen LogP contribution in [0.4, 0.5) is 4.39 Å². The summed E-state index contributed by atoms with van der Waals surface area (Å²) in [6.07, 6.45) is 0.274. The van der Waals surface area contributed by atoms with Gasteiger partial charge in [0.2, 0.25) is 0 Å². The van der Waals surface area contributed by atoms with E-state index in [0.717, 1.165) is 6.07 Å². The number of phenols is 1. The van der Waals surface area contributed by atoms with E-state index >= 15 is 0 Å². The lowest BCUT2D eigenvalue weighted by Gasteiger charge is -2.29. The zero-order chi connectivity index (χ0) is 14.8. The topological polar surface area (TPSA) is 57.5 Å². The van der Waals surface area contributed by atoms with E-state index in [1.54, 1.807) is 37.3 Å². The number of rotatable bonds is 4. The molecule has 0 saturated heterocycles. The van der Waals surface area contributed by atoms with Crippen molar-refractivity contribution in [2.45, 2.75) is 18.8 Å². The second kappa shape index (κ2) is 5.33. The van der Waals surface area contributed by atoms with Crippen LogP contribution in [0.1, 0.15) is 24.5 Å². The SMILES string of the molecule is CCC(C(=O)O)(c1ccccc1)c1ccc(O)c(F)c1. The fourth-order valence-corrected chi connectivity index (χ4v) is 2.47. The van der Waals surface area contributed by atoms with E-state index in [1.807, 2.05) is 0 Å². The lowest BCUT2D eigenvalue weighted by molar-refractivity contribution is -0.142. The van der Waals surface area contributed by atoms with Gasteiger partial charge in [0.15, 0.2) is 11.6 Å². The predicted octanol–water partition coefficient (Wildman–Crippen LogP) is 3.31. The highest BCUT2D eigenvalue weighted by molar-refractivity contribution is 5.86. The summed E-state index contributed by atoms with van der Waals surface area (Å²) < 4.78 is 13.6. The molecule has 2 rings (SSSR count). The second-order valence-electron chi connectivity index (χ2n) is 4.60. The highest BCUT2D eigenvalue weighted by Gasteiger charge is 2.40. The smallest absolute Gasteiger partial charge is 0.318 e. The Kier molecular flexibility index (Phi) is 3.74. The first-order chi connectivity index (χ1) is 9.52. The first-order valence-corrected chi connectivity index (χ1v) is 6.30. The van der Waals surface area contributed by atoms with Crippen LogP contribution in [0.25, 0.3) is 0 Å². The molecule has 0 radical (unpaired) electrons. The zero-order valence-electron chi connectivity index (χ0n) is 11.0. The van der Waals surface area contributed by atoms with Crippen molar-refractivity contribution in [3.63, 3.8) is 0 Å². The predicted molar refractivity (Wildman–Crippen MR) is 73.2 cm³/mol.